The van der Waals surface area contributed by atoms with Crippen LogP contribution in [0, 0.1) is 6.92 Å². The number of hydrogen-bond acceptors (Lipinski definition) is 3. The van der Waals surface area contributed by atoms with Crippen molar-refractivity contribution >= 4 is 6.03 Å². The highest BCUT2D eigenvalue weighted by atomic mass is 16.5. The average Bonchev–Trinajstić information content (AvgIpc) is 2.75. The van der Waals surface area contributed by atoms with Crippen molar-refractivity contribution in [2.45, 2.75) is 13.5 Å². The molecule has 29 heavy (non-hydrogen) atoms. The van der Waals surface area contributed by atoms with Gasteiger partial charge in [0.25, 0.3) is 0 Å². The Labute approximate surface area is 171 Å². The molecular formula is C24H26N2O3. The molecule has 3 aromatic carbocycles. The molecule has 150 valence electrons. The molecule has 5 heteroatoms. The number of phenols is 1. The summed E-state index contributed by atoms with van der Waals surface area (Å²) in [6.07, 6.45) is 0. The van der Waals surface area contributed by atoms with E-state index < -0.39 is 0 Å². The first-order chi connectivity index (χ1) is 14.0. The normalized spacial score (nSPS) is 10.4. The minimum Gasteiger partial charge on any atom is -0.508 e. The summed E-state index contributed by atoms with van der Waals surface area (Å²) in [5, 5.41) is 12.1. The van der Waals surface area contributed by atoms with Gasteiger partial charge in [-0.25, -0.2) is 4.79 Å². The fraction of sp³-hybridized carbons (Fsp3) is 0.208. The van der Waals surface area contributed by atoms with E-state index >= 15 is 0 Å². The van der Waals surface area contributed by atoms with Gasteiger partial charge in [-0.15, -0.1) is 0 Å². The van der Waals surface area contributed by atoms with Gasteiger partial charge in [-0.3, -0.25) is 0 Å². The second-order valence-electron chi connectivity index (χ2n) is 6.88. The van der Waals surface area contributed by atoms with E-state index in [2.05, 4.69) is 5.32 Å². The fourth-order valence-electron chi connectivity index (χ4n) is 3.00. The standard InChI is InChI=1S/C24H26N2O3/c1-18-3-5-19(6-4-18)17-26(24(28)25-2)15-16-29-23-13-9-21(10-14-23)20-7-11-22(27)12-8-20/h3-14,27H,15-17H2,1-2H3,(H,25,28). The number of ether oxygens (including phenoxy) is 1. The fourth-order valence-corrected chi connectivity index (χ4v) is 3.00. The van der Waals surface area contributed by atoms with E-state index in [0.717, 1.165) is 22.4 Å². The molecule has 0 unspecified atom stereocenters. The van der Waals surface area contributed by atoms with Gasteiger partial charge in [0.15, 0.2) is 0 Å². The van der Waals surface area contributed by atoms with Crippen LogP contribution >= 0.6 is 0 Å². The number of nitrogens with zero attached hydrogens (tertiary/aromatic N) is 1. The Bertz CT molecular complexity index is 920. The third-order valence-corrected chi connectivity index (χ3v) is 4.68. The van der Waals surface area contributed by atoms with Gasteiger partial charge in [0.05, 0.1) is 6.54 Å². The molecule has 3 rings (SSSR count). The summed E-state index contributed by atoms with van der Waals surface area (Å²) in [5.74, 6) is 1.000. The number of aryl methyl sites for hydroxylation is 1. The predicted octanol–water partition coefficient (Wildman–Crippen LogP) is 4.59. The van der Waals surface area contributed by atoms with Crippen molar-refractivity contribution in [3.63, 3.8) is 0 Å². The van der Waals surface area contributed by atoms with E-state index in [9.17, 15) is 9.90 Å². The molecule has 0 spiro atoms. The molecule has 2 amide bonds. The zero-order valence-electron chi connectivity index (χ0n) is 16.8. The number of aromatic hydroxyl groups is 1. The first kappa shape index (κ1) is 20.3. The molecule has 0 saturated heterocycles. The van der Waals surface area contributed by atoms with Gasteiger partial charge in [0, 0.05) is 13.6 Å². The highest BCUT2D eigenvalue weighted by Gasteiger charge is 2.12. The molecule has 0 radical (unpaired) electrons. The second-order valence-corrected chi connectivity index (χ2v) is 6.88. The van der Waals surface area contributed by atoms with Crippen molar-refractivity contribution in [3.05, 3.63) is 83.9 Å². The zero-order valence-corrected chi connectivity index (χ0v) is 16.8. The topological polar surface area (TPSA) is 61.8 Å². The highest BCUT2D eigenvalue weighted by molar-refractivity contribution is 5.73. The van der Waals surface area contributed by atoms with Crippen LogP contribution in [-0.2, 0) is 6.54 Å². The molecule has 0 atom stereocenters. The molecule has 2 N–H and O–H groups in total. The first-order valence-corrected chi connectivity index (χ1v) is 9.59. The molecule has 5 nitrogen and oxygen atoms in total. The number of urea groups is 1. The van der Waals surface area contributed by atoms with Gasteiger partial charge < -0.3 is 20.1 Å². The molecule has 0 aliphatic carbocycles. The summed E-state index contributed by atoms with van der Waals surface area (Å²) in [6.45, 7) is 3.45. The van der Waals surface area contributed by atoms with Crippen LogP contribution in [0.25, 0.3) is 11.1 Å². The Kier molecular flexibility index (Phi) is 6.74. The second kappa shape index (κ2) is 9.64. The van der Waals surface area contributed by atoms with Crippen molar-refractivity contribution in [1.82, 2.24) is 10.2 Å². The minimum absolute atomic E-state index is 0.128. The van der Waals surface area contributed by atoms with Crippen molar-refractivity contribution in [1.29, 1.82) is 0 Å². The molecule has 0 aromatic heterocycles. The maximum absolute atomic E-state index is 12.2. The molecule has 0 saturated carbocycles. The van der Waals surface area contributed by atoms with Gasteiger partial charge in [-0.05, 0) is 47.9 Å². The zero-order chi connectivity index (χ0) is 20.6. The Morgan fingerprint density at radius 2 is 1.52 bits per heavy atom. The van der Waals surface area contributed by atoms with Crippen molar-refractivity contribution in [2.75, 3.05) is 20.2 Å². The lowest BCUT2D eigenvalue weighted by Crippen LogP contribution is -2.40. The van der Waals surface area contributed by atoms with Gasteiger partial charge in [-0.2, -0.15) is 0 Å². The van der Waals surface area contributed by atoms with E-state index in [0.29, 0.717) is 19.7 Å². The van der Waals surface area contributed by atoms with Gasteiger partial charge >= 0.3 is 6.03 Å². The maximum Gasteiger partial charge on any atom is 0.317 e. The number of amides is 2. The van der Waals surface area contributed by atoms with Crippen LogP contribution in [0.3, 0.4) is 0 Å². The minimum atomic E-state index is -0.128. The van der Waals surface area contributed by atoms with Crippen LogP contribution in [0.5, 0.6) is 11.5 Å². The van der Waals surface area contributed by atoms with E-state index in [1.165, 1.54) is 5.56 Å². The smallest absolute Gasteiger partial charge is 0.317 e. The lowest BCUT2D eigenvalue weighted by molar-refractivity contribution is 0.181. The van der Waals surface area contributed by atoms with Gasteiger partial charge in [0.2, 0.25) is 0 Å². The number of carbonyl (C=O) groups is 1. The Balaban J connectivity index is 1.56. The summed E-state index contributed by atoms with van der Waals surface area (Å²) in [6, 6.07) is 22.9. The summed E-state index contributed by atoms with van der Waals surface area (Å²) < 4.78 is 5.84. The molecule has 0 aliphatic rings. The molecule has 0 bridgehead atoms. The molecule has 0 heterocycles. The molecular weight excluding hydrogens is 364 g/mol. The van der Waals surface area contributed by atoms with E-state index in [-0.39, 0.29) is 11.8 Å². The number of hydrogen-bond donors (Lipinski definition) is 2. The Hall–Kier alpha value is -3.47. The monoisotopic (exact) mass is 390 g/mol. The Morgan fingerprint density at radius 1 is 0.931 bits per heavy atom. The molecule has 3 aromatic rings. The largest absolute Gasteiger partial charge is 0.508 e. The lowest BCUT2D eigenvalue weighted by atomic mass is 10.1. The van der Waals surface area contributed by atoms with E-state index in [4.69, 9.17) is 4.74 Å². The van der Waals surface area contributed by atoms with E-state index in [1.54, 1.807) is 24.1 Å². The summed E-state index contributed by atoms with van der Waals surface area (Å²) in [4.78, 5) is 13.9. The molecule has 0 aliphatic heterocycles. The highest BCUT2D eigenvalue weighted by Crippen LogP contribution is 2.24. The van der Waals surface area contributed by atoms with Gasteiger partial charge in [0.1, 0.15) is 18.1 Å². The van der Waals surface area contributed by atoms with Crippen LogP contribution in [0.4, 0.5) is 4.79 Å². The quantitative estimate of drug-likeness (QED) is 0.620. The van der Waals surface area contributed by atoms with Gasteiger partial charge in [-0.1, -0.05) is 54.1 Å². The summed E-state index contributed by atoms with van der Waals surface area (Å²) >= 11 is 0. The lowest BCUT2D eigenvalue weighted by Gasteiger charge is -2.22. The number of phenolic OH excluding ortho intramolecular Hbond substituents is 1. The Morgan fingerprint density at radius 3 is 2.10 bits per heavy atom. The van der Waals surface area contributed by atoms with Crippen molar-refractivity contribution in [2.24, 2.45) is 0 Å². The summed E-state index contributed by atoms with van der Waals surface area (Å²) in [7, 11) is 1.63. The van der Waals surface area contributed by atoms with Crippen molar-refractivity contribution < 1.29 is 14.6 Å². The van der Waals surface area contributed by atoms with Crippen LogP contribution in [-0.4, -0.2) is 36.2 Å². The average molecular weight is 390 g/mol. The predicted molar refractivity (Wildman–Crippen MR) is 115 cm³/mol. The first-order valence-electron chi connectivity index (χ1n) is 9.59. The number of rotatable bonds is 7. The third kappa shape index (κ3) is 5.75. The van der Waals surface area contributed by atoms with Crippen LogP contribution < -0.4 is 10.1 Å². The third-order valence-electron chi connectivity index (χ3n) is 4.68. The van der Waals surface area contributed by atoms with Crippen molar-refractivity contribution in [3.8, 4) is 22.6 Å². The van der Waals surface area contributed by atoms with Crippen LogP contribution in [0.2, 0.25) is 0 Å². The molecule has 0 fully saturated rings. The number of carbonyl (C=O) groups excluding carboxylic acids is 1. The number of benzene rings is 3. The summed E-state index contributed by atoms with van der Waals surface area (Å²) in [5.41, 5.74) is 4.35. The van der Waals surface area contributed by atoms with Crippen LogP contribution in [0.15, 0.2) is 72.8 Å². The SMILES string of the molecule is CNC(=O)N(CCOc1ccc(-c2ccc(O)cc2)cc1)Cc1ccc(C)cc1. The van der Waals surface area contributed by atoms with E-state index in [1.807, 2.05) is 67.6 Å². The maximum atomic E-state index is 12.2. The number of nitrogens with one attached hydrogen (secondary N) is 1. The van der Waals surface area contributed by atoms with Crippen LogP contribution in [0.1, 0.15) is 11.1 Å².